The molecule has 8 heteroatoms. The number of halogens is 3. The summed E-state index contributed by atoms with van der Waals surface area (Å²) >= 11 is 14.6. The van der Waals surface area contributed by atoms with E-state index in [1.54, 1.807) is 0 Å². The van der Waals surface area contributed by atoms with Crippen LogP contribution in [-0.4, -0.2) is 13.7 Å². The molecule has 1 spiro atoms. The predicted molar refractivity (Wildman–Crippen MR) is 560 cm³/mol. The van der Waals surface area contributed by atoms with E-state index in [2.05, 4.69) is 510 Å². The highest BCUT2D eigenvalue weighted by Gasteiger charge is 2.51. The van der Waals surface area contributed by atoms with E-state index in [0.717, 1.165) is 13.4 Å². The van der Waals surface area contributed by atoms with Gasteiger partial charge in [0.25, 0.3) is 0 Å². The van der Waals surface area contributed by atoms with E-state index in [9.17, 15) is 0 Å². The van der Waals surface area contributed by atoms with Crippen molar-refractivity contribution in [3.63, 3.8) is 0 Å². The second-order valence-electron chi connectivity index (χ2n) is 33.7. The van der Waals surface area contributed by atoms with Crippen molar-refractivity contribution in [3.8, 4) is 106 Å². The molecule has 0 radical (unpaired) electrons. The molecule has 20 aromatic carbocycles. The molecule has 3 nitrogen and oxygen atoms in total. The first-order valence-corrected chi connectivity index (χ1v) is 47.6. The van der Waals surface area contributed by atoms with Gasteiger partial charge in [-0.05, 0) is 275 Å². The van der Waals surface area contributed by atoms with Crippen LogP contribution in [-0.2, 0) is 5.41 Å². The van der Waals surface area contributed by atoms with Crippen molar-refractivity contribution >= 4 is 176 Å². The van der Waals surface area contributed by atoms with Gasteiger partial charge in [0.15, 0.2) is 0 Å². The van der Waals surface area contributed by atoms with Crippen molar-refractivity contribution < 1.29 is 0 Å². The Bertz CT molecular complexity index is 8860. The minimum Gasteiger partial charge on any atom is -0.309 e. The van der Waals surface area contributed by atoms with Crippen LogP contribution in [0.3, 0.4) is 0 Å². The fraction of sp³-hybridized carbons (Fsp3) is 0.00826. The Hall–Kier alpha value is -14.3. The van der Waals surface area contributed by atoms with Crippen LogP contribution in [0.5, 0.6) is 0 Å². The van der Waals surface area contributed by atoms with Crippen LogP contribution in [0.1, 0.15) is 22.3 Å². The lowest BCUT2D eigenvalue weighted by Gasteiger charge is -2.30. The van der Waals surface area contributed by atoms with E-state index in [1.165, 1.54) is 234 Å². The summed E-state index contributed by atoms with van der Waals surface area (Å²) in [7, 11) is 0. The Kier molecular flexibility index (Phi) is 18.7. The number of hydrogen-bond donors (Lipinski definition) is 0. The lowest BCUT2D eigenvalue weighted by Crippen LogP contribution is -2.25. The molecule has 27 rings (SSSR count). The third-order valence-electron chi connectivity index (χ3n) is 26.6. The molecule has 5 aromatic heterocycles. The topological polar surface area (TPSA) is 14.8 Å². The van der Waals surface area contributed by atoms with E-state index >= 15 is 0 Å². The molecule has 2 aliphatic rings. The number of thiophene rings is 2. The summed E-state index contributed by atoms with van der Waals surface area (Å²) in [5, 5.41) is 12.9. The molecule has 0 bridgehead atoms. The molecule has 25 aromatic rings. The summed E-state index contributed by atoms with van der Waals surface area (Å²) in [4.78, 5) is 0. The van der Waals surface area contributed by atoms with Crippen LogP contribution < -0.4 is 0 Å². The molecular weight excluding hydrogens is 1800 g/mol. The van der Waals surface area contributed by atoms with Gasteiger partial charge in [0.1, 0.15) is 0 Å². The quantitative estimate of drug-likeness (QED) is 0.137. The summed E-state index contributed by atoms with van der Waals surface area (Å²) in [5.74, 6) is 0. The molecule has 5 heterocycles. The van der Waals surface area contributed by atoms with E-state index in [1.807, 2.05) is 22.7 Å². The summed E-state index contributed by atoms with van der Waals surface area (Å²) in [6.45, 7) is 0. The molecule has 0 aliphatic heterocycles. The third kappa shape index (κ3) is 12.9. The van der Waals surface area contributed by atoms with Crippen molar-refractivity contribution in [2.75, 3.05) is 0 Å². The van der Waals surface area contributed by atoms with Gasteiger partial charge in [0.05, 0.1) is 38.5 Å². The molecule has 129 heavy (non-hydrogen) atoms. The van der Waals surface area contributed by atoms with Crippen LogP contribution >= 0.6 is 70.5 Å². The van der Waals surface area contributed by atoms with Gasteiger partial charge in [-0.25, -0.2) is 0 Å². The van der Waals surface area contributed by atoms with Crippen molar-refractivity contribution in [1.82, 2.24) is 13.7 Å². The molecule has 0 saturated carbocycles. The zero-order chi connectivity index (χ0) is 85.5. The molecule has 606 valence electrons. The van der Waals surface area contributed by atoms with Crippen LogP contribution in [0.2, 0.25) is 0 Å². The number of benzene rings is 20. The Labute approximate surface area is 779 Å². The Morgan fingerprint density at radius 3 is 0.876 bits per heavy atom. The predicted octanol–water partition coefficient (Wildman–Crippen LogP) is 35.7. The van der Waals surface area contributed by atoms with Gasteiger partial charge in [-0.1, -0.05) is 333 Å². The first-order chi connectivity index (χ1) is 63.6. The van der Waals surface area contributed by atoms with E-state index in [4.69, 9.17) is 0 Å². The summed E-state index contributed by atoms with van der Waals surface area (Å²) < 4.78 is 15.9. The fourth-order valence-corrected chi connectivity index (χ4v) is 24.3. The standard InChI is InChI=1S/C49H30BrN.2C36H22BrNS/c50-35-14-10-13-33(28-35)31-11-9-12-32(27-31)34-23-26-48-42(29-34)40-18-4-8-22-47(40)51(48)36-24-25-46-41(30-36)39-17-3-7-21-45(39)49(46)43-19-5-1-15-37(43)38-16-2-6-20-44(38)49;37-27-10-6-9-25(20-27)23-7-5-8-24(19-23)26-15-18-34-32(21-26)29-11-1-3-13-33(29)38(34)28-16-17-31-30-12-2-4-14-35(30)39-36(31)22-28;37-27-10-6-9-25(20-27)23-7-5-8-24(19-23)26-15-17-34-31(21-26)29-11-1-3-13-33(29)38(34)28-16-18-36-32(22-28)30-12-2-4-14-35(30)39-36/h1-30H;2*1-22H. The third-order valence-corrected chi connectivity index (χ3v) is 30.3. The summed E-state index contributed by atoms with van der Waals surface area (Å²) in [6, 6.07) is 165. The largest absolute Gasteiger partial charge is 0.309 e. The fourth-order valence-electron chi connectivity index (χ4n) is 20.9. The van der Waals surface area contributed by atoms with Crippen LogP contribution in [0.25, 0.3) is 212 Å². The molecule has 0 unspecified atom stereocenters. The van der Waals surface area contributed by atoms with Crippen molar-refractivity contribution in [1.29, 1.82) is 0 Å². The molecule has 0 saturated heterocycles. The van der Waals surface area contributed by atoms with Gasteiger partial charge in [-0.15, -0.1) is 22.7 Å². The molecule has 0 N–H and O–H groups in total. The summed E-state index contributed by atoms with van der Waals surface area (Å²) in [6.07, 6.45) is 0. The lowest BCUT2D eigenvalue weighted by molar-refractivity contribution is 0.793. The van der Waals surface area contributed by atoms with E-state index in [-0.39, 0.29) is 5.41 Å². The summed E-state index contributed by atoms with van der Waals surface area (Å²) in [5.41, 5.74) is 35.9. The van der Waals surface area contributed by atoms with Gasteiger partial charge in [0, 0.05) is 103 Å². The molecule has 0 amide bonds. The monoisotopic (exact) mass is 1870 g/mol. The lowest BCUT2D eigenvalue weighted by atomic mass is 9.70. The number of aromatic nitrogens is 3. The molecule has 0 fully saturated rings. The highest BCUT2D eigenvalue weighted by atomic mass is 79.9. The van der Waals surface area contributed by atoms with Crippen molar-refractivity contribution in [2.45, 2.75) is 5.41 Å². The SMILES string of the molecule is Brc1cccc(-c2cccc(-c3ccc4c(c3)c3ccccc3n4-c3ccc4c(c3)-c3ccccc3C43c4ccccc4-c4ccccc43)c2)c1.Brc1cccc(-c2cccc(-c3ccc4c(c3)c3ccccc3n4-c3ccc4c(c3)sc3ccccc34)c2)c1.Brc1cccc(-c2cccc(-c3ccc4c(c3)c3ccccc3n4-c3ccc4sc5ccccc5c4c3)c2)c1. The highest BCUT2D eigenvalue weighted by molar-refractivity contribution is 9.11. The maximum atomic E-state index is 3.65. The molecular formula is C121H74Br3N3S2. The van der Waals surface area contributed by atoms with Gasteiger partial charge in [-0.3, -0.25) is 0 Å². The maximum Gasteiger partial charge on any atom is 0.0725 e. The van der Waals surface area contributed by atoms with Gasteiger partial charge < -0.3 is 13.7 Å². The van der Waals surface area contributed by atoms with Gasteiger partial charge in [-0.2, -0.15) is 0 Å². The first kappa shape index (κ1) is 77.1. The van der Waals surface area contributed by atoms with Crippen LogP contribution in [0, 0.1) is 0 Å². The number of rotatable bonds is 9. The maximum absolute atomic E-state index is 3.65. The Balaban J connectivity index is 0.000000106. The van der Waals surface area contributed by atoms with Crippen molar-refractivity contribution in [2.24, 2.45) is 0 Å². The first-order valence-electron chi connectivity index (χ1n) is 43.6. The highest BCUT2D eigenvalue weighted by Crippen LogP contribution is 2.63. The zero-order valence-corrected chi connectivity index (χ0v) is 75.9. The average Bonchev–Trinajstić information content (AvgIpc) is 1.52. The minimum atomic E-state index is -0.336. The number of fused-ring (bicyclic) bond motifs is 25. The Morgan fingerprint density at radius 1 is 0.163 bits per heavy atom. The average molecular weight is 1870 g/mol. The van der Waals surface area contributed by atoms with E-state index in [0.29, 0.717) is 0 Å². The van der Waals surface area contributed by atoms with Crippen LogP contribution in [0.4, 0.5) is 0 Å². The van der Waals surface area contributed by atoms with E-state index < -0.39 is 0 Å². The zero-order valence-electron chi connectivity index (χ0n) is 69.5. The van der Waals surface area contributed by atoms with Crippen LogP contribution in [0.15, 0.2) is 462 Å². The number of hydrogen-bond acceptors (Lipinski definition) is 2. The Morgan fingerprint density at radius 2 is 0.450 bits per heavy atom. The number of nitrogens with zero attached hydrogens (tertiary/aromatic N) is 3. The second kappa shape index (κ2) is 31.3. The molecule has 2 aliphatic carbocycles. The number of para-hydroxylation sites is 3. The minimum absolute atomic E-state index is 0.336. The molecule has 0 atom stereocenters. The van der Waals surface area contributed by atoms with Crippen molar-refractivity contribution in [3.05, 3.63) is 485 Å². The normalized spacial score (nSPS) is 12.4. The second-order valence-corrected chi connectivity index (χ2v) is 38.6. The smallest absolute Gasteiger partial charge is 0.0725 e. The van der Waals surface area contributed by atoms with Gasteiger partial charge in [0.2, 0.25) is 0 Å². The van der Waals surface area contributed by atoms with Gasteiger partial charge >= 0.3 is 0 Å².